The summed E-state index contributed by atoms with van der Waals surface area (Å²) in [4.78, 5) is 36.1. The zero-order valence-corrected chi connectivity index (χ0v) is 17.1. The van der Waals surface area contributed by atoms with Crippen LogP contribution in [-0.2, 0) is 11.0 Å². The van der Waals surface area contributed by atoms with E-state index in [4.69, 9.17) is 0 Å². The predicted octanol–water partition coefficient (Wildman–Crippen LogP) is 3.34. The summed E-state index contributed by atoms with van der Waals surface area (Å²) in [5.41, 5.74) is -1.31. The van der Waals surface area contributed by atoms with Crippen LogP contribution in [0.4, 0.5) is 43.8 Å². The molecule has 1 amide bonds. The summed E-state index contributed by atoms with van der Waals surface area (Å²) in [6.45, 7) is 0.181. The van der Waals surface area contributed by atoms with Gasteiger partial charge in [-0.3, -0.25) is 9.59 Å². The van der Waals surface area contributed by atoms with Crippen LogP contribution in [0.5, 0.6) is 0 Å². The molecule has 0 radical (unpaired) electrons. The van der Waals surface area contributed by atoms with E-state index in [0.29, 0.717) is 0 Å². The summed E-state index contributed by atoms with van der Waals surface area (Å²) in [6.07, 6.45) is -8.09. The van der Waals surface area contributed by atoms with Crippen molar-refractivity contribution in [1.29, 1.82) is 0 Å². The van der Waals surface area contributed by atoms with Crippen molar-refractivity contribution in [2.45, 2.75) is 24.8 Å². The molecule has 180 valence electrons. The molecule has 4 rings (SSSR count). The Morgan fingerprint density at radius 1 is 1.12 bits per heavy atom. The van der Waals surface area contributed by atoms with Gasteiger partial charge in [0.1, 0.15) is 11.2 Å². The zero-order chi connectivity index (χ0) is 24.7. The van der Waals surface area contributed by atoms with Crippen LogP contribution in [0, 0.1) is 0 Å². The molecule has 0 bridgehead atoms. The number of aromatic nitrogens is 3. The van der Waals surface area contributed by atoms with Crippen molar-refractivity contribution in [2.24, 2.45) is 0 Å². The number of nitrogens with one attached hydrogen (secondary N) is 3. The third-order valence-electron chi connectivity index (χ3n) is 5.12. The lowest BCUT2D eigenvalue weighted by molar-refractivity contribution is -0.174. The quantitative estimate of drug-likeness (QED) is 0.489. The lowest BCUT2D eigenvalue weighted by Gasteiger charge is -2.19. The molecule has 3 heterocycles. The number of hydrogen-bond acceptors (Lipinski definition) is 6. The van der Waals surface area contributed by atoms with Crippen LogP contribution in [0.2, 0.25) is 0 Å². The van der Waals surface area contributed by atoms with Crippen molar-refractivity contribution >= 4 is 34.3 Å². The van der Waals surface area contributed by atoms with Crippen molar-refractivity contribution in [3.05, 3.63) is 52.4 Å². The molecular weight excluding hydrogens is 470 g/mol. The smallest absolute Gasteiger partial charge is 0.344 e. The van der Waals surface area contributed by atoms with Crippen LogP contribution < -0.4 is 21.1 Å². The Bertz CT molecular complexity index is 1290. The maximum atomic E-state index is 13.1. The Balaban J connectivity index is 1.66. The highest BCUT2D eigenvalue weighted by atomic mass is 19.4. The molecule has 1 aliphatic rings. The summed E-state index contributed by atoms with van der Waals surface area (Å²) >= 11 is 0. The van der Waals surface area contributed by atoms with Gasteiger partial charge in [-0.1, -0.05) is 6.07 Å². The zero-order valence-electron chi connectivity index (χ0n) is 17.1. The van der Waals surface area contributed by atoms with Gasteiger partial charge < -0.3 is 20.5 Å². The molecule has 1 saturated heterocycles. The van der Waals surface area contributed by atoms with Crippen LogP contribution >= 0.6 is 0 Å². The molecule has 3 aromatic rings. The van der Waals surface area contributed by atoms with Crippen molar-refractivity contribution in [2.75, 3.05) is 23.3 Å². The number of aromatic amines is 1. The van der Waals surface area contributed by atoms with Gasteiger partial charge in [0.2, 0.25) is 5.95 Å². The van der Waals surface area contributed by atoms with Crippen LogP contribution in [0.15, 0.2) is 41.3 Å². The summed E-state index contributed by atoms with van der Waals surface area (Å²) in [7, 11) is 0. The second-order valence-corrected chi connectivity index (χ2v) is 7.55. The third kappa shape index (κ3) is 4.89. The van der Waals surface area contributed by atoms with E-state index in [9.17, 15) is 35.9 Å². The van der Waals surface area contributed by atoms with Gasteiger partial charge >= 0.3 is 18.3 Å². The van der Waals surface area contributed by atoms with Crippen LogP contribution in [-0.4, -0.2) is 46.2 Å². The topological polar surface area (TPSA) is 103 Å². The van der Waals surface area contributed by atoms with E-state index in [1.807, 2.05) is 5.32 Å². The molecule has 8 nitrogen and oxygen atoms in total. The number of fused-ring (bicyclic) bond motifs is 1. The minimum absolute atomic E-state index is 0.00946. The molecule has 0 spiro atoms. The number of alkyl halides is 6. The largest absolute Gasteiger partial charge is 0.471 e. The van der Waals surface area contributed by atoms with Gasteiger partial charge in [-0.15, -0.1) is 0 Å². The van der Waals surface area contributed by atoms with E-state index < -0.39 is 35.4 Å². The van der Waals surface area contributed by atoms with E-state index >= 15 is 0 Å². The first-order valence-corrected chi connectivity index (χ1v) is 9.88. The average Bonchev–Trinajstić information content (AvgIpc) is 3.21. The third-order valence-corrected chi connectivity index (χ3v) is 5.12. The van der Waals surface area contributed by atoms with Gasteiger partial charge in [-0.25, -0.2) is 4.98 Å². The maximum Gasteiger partial charge on any atom is 0.471 e. The molecule has 1 unspecified atom stereocenters. The van der Waals surface area contributed by atoms with Gasteiger partial charge in [0.05, 0.1) is 11.1 Å². The standard InChI is InChI=1S/C20H16F6N6O2/c21-19(22,23)10-2-1-3-11(8-10)28-15-14-13(4-6-27-16(14)33)30-18(31-15)32-7-5-12(9-32)29-17(34)20(24,25)26/h1-4,6,8,12H,5,7,9H2,(H,27,33)(H,29,34)(H,28,30,31). The highest BCUT2D eigenvalue weighted by molar-refractivity contribution is 5.91. The van der Waals surface area contributed by atoms with E-state index in [0.717, 1.165) is 12.1 Å². The molecule has 1 aromatic carbocycles. The Morgan fingerprint density at radius 3 is 2.59 bits per heavy atom. The number of hydrogen-bond donors (Lipinski definition) is 3. The molecule has 0 aliphatic carbocycles. The first kappa shape index (κ1) is 23.3. The van der Waals surface area contributed by atoms with Gasteiger partial charge in [0, 0.05) is 31.0 Å². The number of anilines is 3. The van der Waals surface area contributed by atoms with Crippen LogP contribution in [0.1, 0.15) is 12.0 Å². The van der Waals surface area contributed by atoms with E-state index in [2.05, 4.69) is 20.3 Å². The second-order valence-electron chi connectivity index (χ2n) is 7.55. The summed E-state index contributed by atoms with van der Waals surface area (Å²) in [5, 5.41) is 4.60. The normalized spacial score (nSPS) is 16.6. The number of carbonyl (C=O) groups excluding carboxylic acids is 1. The highest BCUT2D eigenvalue weighted by Gasteiger charge is 2.41. The molecule has 1 fully saturated rings. The van der Waals surface area contributed by atoms with Crippen molar-refractivity contribution in [3.8, 4) is 0 Å². The number of carbonyl (C=O) groups is 1. The molecular formula is C20H16F6N6O2. The minimum atomic E-state index is -5.02. The Kier molecular flexibility index (Phi) is 5.83. The van der Waals surface area contributed by atoms with Crippen molar-refractivity contribution in [3.63, 3.8) is 0 Å². The van der Waals surface area contributed by atoms with Crippen LogP contribution in [0.3, 0.4) is 0 Å². The molecule has 3 N–H and O–H groups in total. The predicted molar refractivity (Wildman–Crippen MR) is 110 cm³/mol. The second kappa shape index (κ2) is 8.50. The maximum absolute atomic E-state index is 13.1. The van der Waals surface area contributed by atoms with E-state index in [1.165, 1.54) is 29.3 Å². The lowest BCUT2D eigenvalue weighted by atomic mass is 10.2. The Labute approximate surface area is 187 Å². The van der Waals surface area contributed by atoms with E-state index in [1.54, 1.807) is 0 Å². The first-order chi connectivity index (χ1) is 15.9. The summed E-state index contributed by atoms with van der Waals surface area (Å²) in [5.74, 6) is -2.10. The van der Waals surface area contributed by atoms with Crippen molar-refractivity contribution < 1.29 is 31.1 Å². The number of nitrogens with zero attached hydrogens (tertiary/aromatic N) is 3. The first-order valence-electron chi connectivity index (χ1n) is 9.88. The fourth-order valence-corrected chi connectivity index (χ4v) is 3.55. The Morgan fingerprint density at radius 2 is 1.88 bits per heavy atom. The van der Waals surface area contributed by atoms with Gasteiger partial charge in [0.25, 0.3) is 5.56 Å². The van der Waals surface area contributed by atoms with Gasteiger partial charge in [0.15, 0.2) is 0 Å². The number of pyridine rings is 1. The number of halogens is 6. The molecule has 1 atom stereocenters. The fraction of sp³-hybridized carbons (Fsp3) is 0.300. The van der Waals surface area contributed by atoms with Gasteiger partial charge in [-0.2, -0.15) is 31.3 Å². The minimum Gasteiger partial charge on any atom is -0.344 e. The summed E-state index contributed by atoms with van der Waals surface area (Å²) < 4.78 is 76.8. The number of H-pyrrole nitrogens is 1. The SMILES string of the molecule is O=C(NC1CCN(c2nc(Nc3cccc(C(F)(F)F)c3)c3c(=O)[nH]ccc3n2)C1)C(F)(F)F. The highest BCUT2D eigenvalue weighted by Crippen LogP contribution is 2.32. The number of rotatable bonds is 4. The molecule has 0 saturated carbocycles. The van der Waals surface area contributed by atoms with E-state index in [-0.39, 0.29) is 47.9 Å². The molecule has 14 heteroatoms. The number of benzene rings is 1. The summed E-state index contributed by atoms with van der Waals surface area (Å²) in [6, 6.07) is 4.93. The lowest BCUT2D eigenvalue weighted by Crippen LogP contribution is -2.44. The molecule has 34 heavy (non-hydrogen) atoms. The molecule has 1 aliphatic heterocycles. The number of amides is 1. The fourth-order valence-electron chi connectivity index (χ4n) is 3.55. The van der Waals surface area contributed by atoms with Gasteiger partial charge in [-0.05, 0) is 30.7 Å². The monoisotopic (exact) mass is 486 g/mol. The van der Waals surface area contributed by atoms with Crippen LogP contribution in [0.25, 0.3) is 10.9 Å². The van der Waals surface area contributed by atoms with Crippen molar-refractivity contribution in [1.82, 2.24) is 20.3 Å². The molecule has 2 aromatic heterocycles. The average molecular weight is 486 g/mol. The Hall–Kier alpha value is -3.84.